The van der Waals surface area contributed by atoms with Crippen LogP contribution in [-0.4, -0.2) is 13.0 Å². The molecular formula is C26H46O3S. The van der Waals surface area contributed by atoms with Gasteiger partial charge in [-0.15, -0.1) is 0 Å². The van der Waals surface area contributed by atoms with Crippen molar-refractivity contribution in [2.45, 2.75) is 129 Å². The van der Waals surface area contributed by atoms with Crippen molar-refractivity contribution in [1.82, 2.24) is 0 Å². The highest BCUT2D eigenvalue weighted by Gasteiger charge is 2.35. The lowest BCUT2D eigenvalue weighted by atomic mass is 9.94. The Morgan fingerprint density at radius 1 is 0.767 bits per heavy atom. The van der Waals surface area contributed by atoms with Crippen LogP contribution in [0.5, 0.6) is 0 Å². The van der Waals surface area contributed by atoms with E-state index in [2.05, 4.69) is 13.0 Å². The quantitative estimate of drug-likeness (QED) is 0.197. The summed E-state index contributed by atoms with van der Waals surface area (Å²) in [4.78, 5) is 0. The monoisotopic (exact) mass is 438 g/mol. The fourth-order valence-electron chi connectivity index (χ4n) is 4.22. The lowest BCUT2D eigenvalue weighted by Gasteiger charge is -2.24. The topological polar surface area (TPSA) is 54.4 Å². The number of benzene rings is 1. The van der Waals surface area contributed by atoms with Gasteiger partial charge in [-0.2, -0.15) is 8.42 Å². The molecule has 30 heavy (non-hydrogen) atoms. The van der Waals surface area contributed by atoms with Gasteiger partial charge in [0.15, 0.2) is 0 Å². The lowest BCUT2D eigenvalue weighted by Crippen LogP contribution is -2.29. The second-order valence-electron chi connectivity index (χ2n) is 9.48. The molecule has 0 aliphatic rings. The smallest absolute Gasteiger partial charge is 0.274 e. The third-order valence-corrected chi connectivity index (χ3v) is 7.91. The molecule has 0 fully saturated rings. The highest BCUT2D eigenvalue weighted by Crippen LogP contribution is 2.31. The molecule has 0 aliphatic heterocycles. The van der Waals surface area contributed by atoms with Gasteiger partial charge in [-0.3, -0.25) is 4.55 Å². The Kier molecular flexibility index (Phi) is 12.9. The summed E-state index contributed by atoms with van der Waals surface area (Å²) in [6.45, 7) is 7.31. The van der Waals surface area contributed by atoms with Crippen LogP contribution in [0.25, 0.3) is 0 Å². The van der Waals surface area contributed by atoms with E-state index in [1.54, 1.807) is 13.8 Å². The van der Waals surface area contributed by atoms with E-state index >= 15 is 0 Å². The molecule has 0 saturated carbocycles. The zero-order chi connectivity index (χ0) is 22.5. The SMILES string of the molecule is CCCCCCCCCCCCCCCCc1ccc(C(C)(C)S(=O)(=O)O)c(C)c1. The molecule has 0 radical (unpaired) electrons. The first kappa shape index (κ1) is 27.2. The maximum absolute atomic E-state index is 11.7. The van der Waals surface area contributed by atoms with Crippen molar-refractivity contribution in [1.29, 1.82) is 0 Å². The van der Waals surface area contributed by atoms with Crippen molar-refractivity contribution in [3.05, 3.63) is 34.9 Å². The van der Waals surface area contributed by atoms with Crippen molar-refractivity contribution >= 4 is 10.1 Å². The van der Waals surface area contributed by atoms with Gasteiger partial charge < -0.3 is 0 Å². The highest BCUT2D eigenvalue weighted by atomic mass is 32.2. The number of aryl methyl sites for hydroxylation is 2. The summed E-state index contributed by atoms with van der Waals surface area (Å²) in [5.41, 5.74) is 2.86. The number of hydrogen-bond acceptors (Lipinski definition) is 2. The molecule has 1 rings (SSSR count). The van der Waals surface area contributed by atoms with Crippen LogP contribution >= 0.6 is 0 Å². The first-order valence-electron chi connectivity index (χ1n) is 12.3. The van der Waals surface area contributed by atoms with Crippen LogP contribution in [0.15, 0.2) is 18.2 Å². The van der Waals surface area contributed by atoms with E-state index in [0.29, 0.717) is 5.56 Å². The van der Waals surface area contributed by atoms with E-state index in [4.69, 9.17) is 0 Å². The summed E-state index contributed by atoms with van der Waals surface area (Å²) in [5.74, 6) is 0. The van der Waals surface area contributed by atoms with Gasteiger partial charge in [0.25, 0.3) is 10.1 Å². The van der Waals surface area contributed by atoms with Crippen LogP contribution in [0.3, 0.4) is 0 Å². The molecule has 0 amide bonds. The second-order valence-corrected chi connectivity index (χ2v) is 11.5. The molecule has 4 heteroatoms. The summed E-state index contributed by atoms with van der Waals surface area (Å²) < 4.78 is 31.6. The van der Waals surface area contributed by atoms with Crippen molar-refractivity contribution in [3.8, 4) is 0 Å². The maximum atomic E-state index is 11.7. The van der Waals surface area contributed by atoms with Crippen LogP contribution < -0.4 is 0 Å². The summed E-state index contributed by atoms with van der Waals surface area (Å²) in [6, 6.07) is 5.95. The fraction of sp³-hybridized carbons (Fsp3) is 0.769. The summed E-state index contributed by atoms with van der Waals surface area (Å²) >= 11 is 0. The van der Waals surface area contributed by atoms with E-state index in [0.717, 1.165) is 12.0 Å². The Labute approximate surface area is 186 Å². The van der Waals surface area contributed by atoms with Gasteiger partial charge in [0.05, 0.1) is 0 Å². The van der Waals surface area contributed by atoms with Crippen LogP contribution in [0, 0.1) is 6.92 Å². The van der Waals surface area contributed by atoms with Gasteiger partial charge in [-0.05, 0) is 50.3 Å². The average molecular weight is 439 g/mol. The molecule has 0 atom stereocenters. The first-order valence-corrected chi connectivity index (χ1v) is 13.7. The minimum absolute atomic E-state index is 0.676. The minimum atomic E-state index is -4.13. The molecule has 0 unspecified atom stereocenters. The summed E-state index contributed by atoms with van der Waals surface area (Å²) in [7, 11) is -4.13. The number of unbranched alkanes of at least 4 members (excludes halogenated alkanes) is 13. The van der Waals surface area contributed by atoms with Gasteiger partial charge in [0.2, 0.25) is 0 Å². The normalized spacial score (nSPS) is 12.4. The summed E-state index contributed by atoms with van der Waals surface area (Å²) in [6.07, 6.45) is 20.1. The molecule has 0 aliphatic carbocycles. The van der Waals surface area contributed by atoms with E-state index in [9.17, 15) is 13.0 Å². The molecule has 0 spiro atoms. The van der Waals surface area contributed by atoms with Gasteiger partial charge in [0, 0.05) is 0 Å². The van der Waals surface area contributed by atoms with E-state index in [1.807, 2.05) is 19.1 Å². The molecule has 0 aromatic heterocycles. The standard InChI is InChI=1S/C26H46O3S/c1-5-6-7-8-9-10-11-12-13-14-15-16-17-18-19-24-20-21-25(23(2)22-24)26(3,4)30(27,28)29/h20-22H,5-19H2,1-4H3,(H,27,28,29). The largest absolute Gasteiger partial charge is 0.285 e. The summed E-state index contributed by atoms with van der Waals surface area (Å²) in [5, 5.41) is 0. The predicted octanol–water partition coefficient (Wildman–Crippen LogP) is 8.14. The van der Waals surface area contributed by atoms with E-state index in [1.165, 1.54) is 95.5 Å². The fourth-order valence-corrected chi connectivity index (χ4v) is 4.73. The van der Waals surface area contributed by atoms with Crippen molar-refractivity contribution in [2.24, 2.45) is 0 Å². The van der Waals surface area contributed by atoms with Crippen LogP contribution in [-0.2, 0) is 21.3 Å². The van der Waals surface area contributed by atoms with E-state index in [-0.39, 0.29) is 0 Å². The third kappa shape index (κ3) is 9.96. The van der Waals surface area contributed by atoms with Crippen molar-refractivity contribution in [3.63, 3.8) is 0 Å². The molecule has 3 nitrogen and oxygen atoms in total. The number of hydrogen-bond donors (Lipinski definition) is 1. The molecule has 1 N–H and O–H groups in total. The van der Waals surface area contributed by atoms with Crippen molar-refractivity contribution in [2.75, 3.05) is 0 Å². The molecule has 1 aromatic rings. The molecule has 174 valence electrons. The Morgan fingerprint density at radius 2 is 1.20 bits per heavy atom. The van der Waals surface area contributed by atoms with Gasteiger partial charge >= 0.3 is 0 Å². The van der Waals surface area contributed by atoms with Crippen LogP contribution in [0.2, 0.25) is 0 Å². The Balaban J connectivity index is 2.13. The zero-order valence-electron chi connectivity index (χ0n) is 20.0. The average Bonchev–Trinajstić information content (AvgIpc) is 2.67. The predicted molar refractivity (Wildman–Crippen MR) is 130 cm³/mol. The van der Waals surface area contributed by atoms with Gasteiger partial charge in [-0.25, -0.2) is 0 Å². The maximum Gasteiger partial charge on any atom is 0.274 e. The second kappa shape index (κ2) is 14.2. The highest BCUT2D eigenvalue weighted by molar-refractivity contribution is 7.86. The molecular weight excluding hydrogens is 392 g/mol. The molecule has 0 saturated heterocycles. The first-order chi connectivity index (χ1) is 14.2. The lowest BCUT2D eigenvalue weighted by molar-refractivity contribution is 0.445. The van der Waals surface area contributed by atoms with E-state index < -0.39 is 14.9 Å². The molecule has 0 bridgehead atoms. The van der Waals surface area contributed by atoms with Crippen LogP contribution in [0.4, 0.5) is 0 Å². The Morgan fingerprint density at radius 3 is 1.60 bits per heavy atom. The minimum Gasteiger partial charge on any atom is -0.285 e. The van der Waals surface area contributed by atoms with Gasteiger partial charge in [0.1, 0.15) is 4.75 Å². The molecule has 0 heterocycles. The van der Waals surface area contributed by atoms with Crippen LogP contribution in [0.1, 0.15) is 127 Å². The third-order valence-electron chi connectivity index (χ3n) is 6.40. The molecule has 1 aromatic carbocycles. The zero-order valence-corrected chi connectivity index (χ0v) is 20.8. The number of rotatable bonds is 17. The Bertz CT molecular complexity index is 692. The Hall–Kier alpha value is -0.870. The van der Waals surface area contributed by atoms with Crippen molar-refractivity contribution < 1.29 is 13.0 Å². The van der Waals surface area contributed by atoms with Gasteiger partial charge in [-0.1, -0.05) is 109 Å².